The summed E-state index contributed by atoms with van der Waals surface area (Å²) >= 11 is 0. The minimum Gasteiger partial charge on any atom is -0.464 e. The third-order valence-corrected chi connectivity index (χ3v) is 7.74. The van der Waals surface area contributed by atoms with Crippen molar-refractivity contribution < 1.29 is 44.3 Å². The minimum atomic E-state index is -1.65. The van der Waals surface area contributed by atoms with E-state index >= 15 is 0 Å². The van der Waals surface area contributed by atoms with E-state index in [9.17, 15) is 29.7 Å². The second-order valence-electron chi connectivity index (χ2n) is 12.1. The Bertz CT molecular complexity index is 1610. The lowest BCUT2D eigenvalue weighted by molar-refractivity contribution is -0.249. The van der Waals surface area contributed by atoms with Gasteiger partial charge in [0, 0.05) is 31.3 Å². The number of nitrogens with one attached hydrogen (secondary N) is 2. The normalized spacial score (nSPS) is 21.3. The van der Waals surface area contributed by atoms with Gasteiger partial charge in [-0.15, -0.1) is 0 Å². The number of esters is 1. The molecule has 0 bridgehead atoms. The van der Waals surface area contributed by atoms with Crippen LogP contribution in [0.4, 0.5) is 17.5 Å². The smallest absolute Gasteiger partial charge is 0.328 e. The Morgan fingerprint density at radius 1 is 1.06 bits per heavy atom. The Morgan fingerprint density at radius 2 is 1.78 bits per heavy atom. The number of aliphatic hydroxyl groups excluding tert-OH is 4. The van der Waals surface area contributed by atoms with Crippen molar-refractivity contribution >= 4 is 46.4 Å². The van der Waals surface area contributed by atoms with Gasteiger partial charge in [0.1, 0.15) is 24.3 Å². The third kappa shape index (κ3) is 9.67. The van der Waals surface area contributed by atoms with E-state index in [1.807, 2.05) is 25.8 Å². The van der Waals surface area contributed by atoms with Crippen molar-refractivity contribution in [3.05, 3.63) is 41.7 Å². The molecule has 1 aromatic carbocycles. The van der Waals surface area contributed by atoms with Gasteiger partial charge in [-0.2, -0.15) is 9.97 Å². The number of carbonyl (C=O) groups is 3. The predicted octanol–water partition coefficient (Wildman–Crippen LogP) is -1.40. The summed E-state index contributed by atoms with van der Waals surface area (Å²) in [4.78, 5) is 57.5. The average molecular weight is 686 g/mol. The second kappa shape index (κ2) is 16.6. The van der Waals surface area contributed by atoms with E-state index in [4.69, 9.17) is 26.0 Å². The molecule has 18 heteroatoms. The standard InChI is InChI=1S/C31H43N9O9/c1-15(2)14-48-29(46)19(8-9-21(42)37-22-25(44)24(43)20(10-11-41)49-30(22)47)36-28(45)16-4-6-18(7-5-16)40(3)13-17-12-34-27-23(35-17)26(32)38-31(33)39-27/h4-7,12,15,19-20,22,24-25,30,41,43-44,47H,8-11,13-14H2,1-3H3,(H,36,45)(H,37,42)(H4,32,33,34,38,39)/t19?,20-,22-,24-,25-,30?/m1/s1. The summed E-state index contributed by atoms with van der Waals surface area (Å²) in [5, 5.41) is 45.1. The number of hydrogen-bond donors (Lipinski definition) is 8. The Kier molecular flexibility index (Phi) is 12.5. The highest BCUT2D eigenvalue weighted by atomic mass is 16.6. The van der Waals surface area contributed by atoms with Crippen LogP contribution >= 0.6 is 0 Å². The fourth-order valence-electron chi connectivity index (χ4n) is 5.10. The molecule has 1 aliphatic rings. The molecule has 0 aliphatic carbocycles. The summed E-state index contributed by atoms with van der Waals surface area (Å²) in [7, 11) is 1.82. The monoisotopic (exact) mass is 685 g/mol. The number of carbonyl (C=O) groups excluding carboxylic acids is 3. The van der Waals surface area contributed by atoms with E-state index in [0.29, 0.717) is 17.8 Å². The van der Waals surface area contributed by atoms with Gasteiger partial charge in [-0.1, -0.05) is 13.8 Å². The first-order chi connectivity index (χ1) is 23.3. The molecule has 1 fully saturated rings. The molecule has 0 radical (unpaired) electrons. The van der Waals surface area contributed by atoms with Crippen LogP contribution < -0.4 is 27.0 Å². The first-order valence-electron chi connectivity index (χ1n) is 15.7. The van der Waals surface area contributed by atoms with Gasteiger partial charge in [-0.3, -0.25) is 9.59 Å². The number of hydrogen-bond acceptors (Lipinski definition) is 16. The van der Waals surface area contributed by atoms with Crippen molar-refractivity contribution in [2.24, 2.45) is 5.92 Å². The SMILES string of the molecule is CC(C)COC(=O)C(CCC(=O)N[C@H]1C(O)O[C@H](CCO)[C@@H](O)[C@@H]1O)NC(=O)c1ccc(N(C)Cc2cnc3nc(N)nc(N)c3n2)cc1. The maximum atomic E-state index is 13.2. The maximum Gasteiger partial charge on any atom is 0.328 e. The Morgan fingerprint density at radius 3 is 2.45 bits per heavy atom. The lowest BCUT2D eigenvalue weighted by Gasteiger charge is -2.40. The van der Waals surface area contributed by atoms with Gasteiger partial charge in [0.25, 0.3) is 5.91 Å². The maximum absolute atomic E-state index is 13.2. The van der Waals surface area contributed by atoms with Crippen molar-refractivity contribution in [1.82, 2.24) is 30.6 Å². The van der Waals surface area contributed by atoms with Crippen molar-refractivity contribution in [3.8, 4) is 0 Å². The van der Waals surface area contributed by atoms with Crippen LogP contribution in [0.25, 0.3) is 11.2 Å². The lowest BCUT2D eigenvalue weighted by Crippen LogP contribution is -2.63. The molecule has 6 atom stereocenters. The average Bonchev–Trinajstić information content (AvgIpc) is 3.06. The van der Waals surface area contributed by atoms with E-state index in [1.165, 1.54) is 0 Å². The van der Waals surface area contributed by atoms with Gasteiger partial charge < -0.3 is 56.9 Å². The molecule has 3 heterocycles. The molecule has 2 amide bonds. The van der Waals surface area contributed by atoms with Crippen molar-refractivity contribution in [2.75, 3.05) is 36.6 Å². The van der Waals surface area contributed by atoms with E-state index in [2.05, 4.69) is 30.6 Å². The largest absolute Gasteiger partial charge is 0.464 e. The molecule has 49 heavy (non-hydrogen) atoms. The summed E-state index contributed by atoms with van der Waals surface area (Å²) in [6.45, 7) is 3.79. The van der Waals surface area contributed by atoms with Crippen LogP contribution in [0.2, 0.25) is 0 Å². The number of anilines is 3. The number of fused-ring (bicyclic) bond motifs is 1. The number of nitrogens with zero attached hydrogens (tertiary/aromatic N) is 5. The van der Waals surface area contributed by atoms with Crippen molar-refractivity contribution in [3.63, 3.8) is 0 Å². The van der Waals surface area contributed by atoms with E-state index in [1.54, 1.807) is 30.5 Å². The molecule has 4 rings (SSSR count). The molecular formula is C31H43N9O9. The predicted molar refractivity (Wildman–Crippen MR) is 175 cm³/mol. The number of nitrogen functional groups attached to an aromatic ring is 2. The number of aliphatic hydroxyl groups is 4. The molecule has 18 nitrogen and oxygen atoms in total. The van der Waals surface area contributed by atoms with Crippen LogP contribution in [0, 0.1) is 5.92 Å². The van der Waals surface area contributed by atoms with Crippen LogP contribution in [-0.2, 0) is 25.6 Å². The second-order valence-corrected chi connectivity index (χ2v) is 12.1. The summed E-state index contributed by atoms with van der Waals surface area (Å²) in [6.07, 6.45) is -4.67. The van der Waals surface area contributed by atoms with Gasteiger partial charge in [0.2, 0.25) is 11.9 Å². The molecule has 2 unspecified atom stereocenters. The van der Waals surface area contributed by atoms with Gasteiger partial charge in [0.15, 0.2) is 23.3 Å². The third-order valence-electron chi connectivity index (χ3n) is 7.74. The minimum absolute atomic E-state index is 0.000204. The molecule has 3 aromatic rings. The first-order valence-corrected chi connectivity index (χ1v) is 15.7. The fourth-order valence-corrected chi connectivity index (χ4v) is 5.10. The highest BCUT2D eigenvalue weighted by Crippen LogP contribution is 2.23. The summed E-state index contributed by atoms with van der Waals surface area (Å²) in [6, 6.07) is 4.01. The quantitative estimate of drug-likeness (QED) is 0.0906. The zero-order valence-electron chi connectivity index (χ0n) is 27.4. The lowest BCUT2D eigenvalue weighted by atomic mass is 9.95. The number of benzene rings is 1. The zero-order valence-corrected chi connectivity index (χ0v) is 27.4. The molecule has 0 spiro atoms. The molecule has 10 N–H and O–H groups in total. The zero-order chi connectivity index (χ0) is 35.8. The van der Waals surface area contributed by atoms with Crippen molar-refractivity contribution in [2.45, 2.75) is 76.3 Å². The van der Waals surface area contributed by atoms with E-state index in [0.717, 1.165) is 5.69 Å². The molecule has 0 saturated carbocycles. The molecule has 266 valence electrons. The summed E-state index contributed by atoms with van der Waals surface area (Å²) < 4.78 is 10.6. The van der Waals surface area contributed by atoms with Gasteiger partial charge in [-0.25, -0.2) is 14.8 Å². The highest BCUT2D eigenvalue weighted by Gasteiger charge is 2.44. The topological polar surface area (TPSA) is 281 Å². The summed E-state index contributed by atoms with van der Waals surface area (Å²) in [5.74, 6) is -1.86. The van der Waals surface area contributed by atoms with Crippen LogP contribution in [0.3, 0.4) is 0 Å². The summed E-state index contributed by atoms with van der Waals surface area (Å²) in [5.41, 5.74) is 13.7. The molecular weight excluding hydrogens is 642 g/mol. The van der Waals surface area contributed by atoms with Gasteiger partial charge in [0.05, 0.1) is 31.1 Å². The van der Waals surface area contributed by atoms with Crippen LogP contribution in [0.15, 0.2) is 30.5 Å². The number of ether oxygens (including phenoxy) is 2. The highest BCUT2D eigenvalue weighted by molar-refractivity contribution is 5.97. The van der Waals surface area contributed by atoms with Gasteiger partial charge >= 0.3 is 5.97 Å². The van der Waals surface area contributed by atoms with E-state index < -0.39 is 54.5 Å². The number of nitrogens with two attached hydrogens (primary N) is 2. The van der Waals surface area contributed by atoms with Crippen LogP contribution in [-0.4, -0.2) is 115 Å². The number of amides is 2. The van der Waals surface area contributed by atoms with Crippen LogP contribution in [0.1, 0.15) is 49.2 Å². The van der Waals surface area contributed by atoms with Crippen LogP contribution in [0.5, 0.6) is 0 Å². The Hall–Kier alpha value is -4.75. The number of rotatable bonds is 14. The Labute approximate surface area is 281 Å². The van der Waals surface area contributed by atoms with Gasteiger partial charge in [-0.05, 0) is 43.0 Å². The van der Waals surface area contributed by atoms with E-state index in [-0.39, 0.29) is 61.4 Å². The first kappa shape index (κ1) is 37.1. The molecule has 1 saturated heterocycles. The fraction of sp³-hybridized carbons (Fsp3) is 0.516. The molecule has 1 aliphatic heterocycles. The van der Waals surface area contributed by atoms with Crippen molar-refractivity contribution in [1.29, 1.82) is 0 Å². The Balaban J connectivity index is 1.37. The number of aromatic nitrogens is 4. The molecule has 2 aromatic heterocycles.